The molecule has 1 saturated heterocycles. The topological polar surface area (TPSA) is 68.0 Å². The second-order valence-electron chi connectivity index (χ2n) is 6.33. The number of carbonyl (C=O) groups is 2. The third-order valence-corrected chi connectivity index (χ3v) is 4.54. The highest BCUT2D eigenvalue weighted by Gasteiger charge is 2.51. The summed E-state index contributed by atoms with van der Waals surface area (Å²) in [7, 11) is 3.17. The van der Waals surface area contributed by atoms with E-state index in [1.807, 2.05) is 34.9 Å². The van der Waals surface area contributed by atoms with Crippen LogP contribution in [0.3, 0.4) is 0 Å². The first-order valence-corrected chi connectivity index (χ1v) is 8.59. The number of amidine groups is 1. The fourth-order valence-corrected chi connectivity index (χ4v) is 3.06. The van der Waals surface area contributed by atoms with Gasteiger partial charge in [0.15, 0.2) is 0 Å². The zero-order valence-corrected chi connectivity index (χ0v) is 14.9. The molecule has 0 radical (unpaired) electrons. The highest BCUT2D eigenvalue weighted by Crippen LogP contribution is 2.20. The molecule has 1 atom stereocenters. The van der Waals surface area contributed by atoms with E-state index in [0.717, 1.165) is 29.8 Å². The number of rotatable bonds is 5. The normalized spacial score (nSPS) is 20.1. The summed E-state index contributed by atoms with van der Waals surface area (Å²) in [6.45, 7) is 3.45. The molecule has 0 aliphatic carbocycles. The van der Waals surface area contributed by atoms with Crippen LogP contribution >= 0.6 is 0 Å². The molecular weight excluding hydrogens is 318 g/mol. The largest absolute Gasteiger partial charge is 0.390 e. The monoisotopic (exact) mass is 342 g/mol. The number of carbonyl (C=O) groups excluding carboxylic acids is 2. The van der Waals surface area contributed by atoms with E-state index in [1.165, 1.54) is 11.9 Å². The van der Waals surface area contributed by atoms with E-state index < -0.39 is 6.04 Å². The molecule has 2 aliphatic rings. The van der Waals surface area contributed by atoms with Crippen LogP contribution in [0.5, 0.6) is 0 Å². The van der Waals surface area contributed by atoms with Crippen LogP contribution in [0.15, 0.2) is 35.3 Å². The number of amides is 3. The van der Waals surface area contributed by atoms with Gasteiger partial charge in [-0.3, -0.25) is 19.9 Å². The van der Waals surface area contributed by atoms with Gasteiger partial charge in [0.2, 0.25) is 11.9 Å². The Balaban J connectivity index is 1.95. The Morgan fingerprint density at radius 2 is 1.88 bits per heavy atom. The Labute approximate surface area is 147 Å². The van der Waals surface area contributed by atoms with Crippen LogP contribution < -0.4 is 5.32 Å². The van der Waals surface area contributed by atoms with Crippen molar-refractivity contribution >= 4 is 23.7 Å². The van der Waals surface area contributed by atoms with Gasteiger partial charge >= 0.3 is 12.0 Å². The molecule has 3 amide bonds. The average Bonchev–Trinajstić information content (AvgIpc) is 2.98. The lowest BCUT2D eigenvalue weighted by Gasteiger charge is -2.31. The smallest absolute Gasteiger partial charge is 0.275 e. The predicted octanol–water partition coefficient (Wildman–Crippen LogP) is 1.25. The molecular formula is C18H24N5O2+. The number of likely N-dealkylation sites (N-methyl/N-ethyl adjacent to an activating group) is 2. The lowest BCUT2D eigenvalue weighted by molar-refractivity contribution is -0.553. The summed E-state index contributed by atoms with van der Waals surface area (Å²) in [5.41, 5.74) is 1.09. The minimum Gasteiger partial charge on any atom is -0.275 e. The third-order valence-electron chi connectivity index (χ3n) is 4.54. The SMILES string of the molecule is CCCCNC1=[N+](Cc2ccccc2)C2C(=O)N(C)C(=O)N(C)C2=N1. The van der Waals surface area contributed by atoms with E-state index in [2.05, 4.69) is 17.2 Å². The molecule has 3 rings (SSSR count). The van der Waals surface area contributed by atoms with Gasteiger partial charge in [0.05, 0.1) is 13.1 Å². The van der Waals surface area contributed by atoms with Crippen molar-refractivity contribution in [2.24, 2.45) is 4.99 Å². The van der Waals surface area contributed by atoms with E-state index in [0.29, 0.717) is 18.3 Å². The Morgan fingerprint density at radius 1 is 1.16 bits per heavy atom. The number of hydrogen-bond donors (Lipinski definition) is 1. The molecule has 1 N–H and O–H groups in total. The van der Waals surface area contributed by atoms with Crippen LogP contribution in [0.1, 0.15) is 25.3 Å². The molecule has 0 bridgehead atoms. The summed E-state index contributed by atoms with van der Waals surface area (Å²) in [5.74, 6) is 0.897. The number of nitrogens with zero attached hydrogens (tertiary/aromatic N) is 4. The summed E-state index contributed by atoms with van der Waals surface area (Å²) in [5, 5.41) is 3.33. The van der Waals surface area contributed by atoms with Gasteiger partial charge in [-0.15, -0.1) is 0 Å². The maximum atomic E-state index is 12.8. The van der Waals surface area contributed by atoms with Gasteiger partial charge < -0.3 is 0 Å². The fraction of sp³-hybridized carbons (Fsp3) is 0.444. The van der Waals surface area contributed by atoms with Crippen LogP contribution in [-0.4, -0.2) is 64.8 Å². The van der Waals surface area contributed by atoms with Crippen molar-refractivity contribution in [3.05, 3.63) is 35.9 Å². The van der Waals surface area contributed by atoms with Crippen molar-refractivity contribution < 1.29 is 14.2 Å². The van der Waals surface area contributed by atoms with Gasteiger partial charge in [-0.1, -0.05) is 48.7 Å². The highest BCUT2D eigenvalue weighted by molar-refractivity contribution is 6.22. The molecule has 132 valence electrons. The average molecular weight is 342 g/mol. The van der Waals surface area contributed by atoms with E-state index >= 15 is 0 Å². The predicted molar refractivity (Wildman–Crippen MR) is 95.5 cm³/mol. The molecule has 2 heterocycles. The Bertz CT molecular complexity index is 741. The van der Waals surface area contributed by atoms with E-state index in [4.69, 9.17) is 0 Å². The Hall–Kier alpha value is -2.70. The minimum absolute atomic E-state index is 0.245. The first-order chi connectivity index (χ1) is 12.0. The van der Waals surface area contributed by atoms with Gasteiger partial charge in [0.1, 0.15) is 0 Å². The molecule has 0 aromatic heterocycles. The van der Waals surface area contributed by atoms with Crippen LogP contribution in [0.4, 0.5) is 4.79 Å². The van der Waals surface area contributed by atoms with Crippen LogP contribution in [-0.2, 0) is 11.3 Å². The molecule has 1 fully saturated rings. The number of guanidine groups is 1. The van der Waals surface area contributed by atoms with Crippen molar-refractivity contribution in [3.63, 3.8) is 0 Å². The van der Waals surface area contributed by atoms with Gasteiger partial charge in [0, 0.05) is 14.1 Å². The van der Waals surface area contributed by atoms with Crippen LogP contribution in [0.2, 0.25) is 0 Å². The standard InChI is InChI=1S/C18H23N5O2/c1-4-5-11-19-17-20-15-14(16(24)22(3)18(25)21(15)2)23(17)12-13-9-7-6-8-10-13/h6-10,14H,4-5,11-12H2,1-3H3/p+1. The molecule has 0 saturated carbocycles. The van der Waals surface area contributed by atoms with Crippen molar-refractivity contribution in [1.29, 1.82) is 0 Å². The molecule has 2 aliphatic heterocycles. The zero-order chi connectivity index (χ0) is 18.0. The molecule has 1 aromatic rings. The molecule has 1 unspecified atom stereocenters. The Morgan fingerprint density at radius 3 is 2.56 bits per heavy atom. The number of benzene rings is 1. The minimum atomic E-state index is -0.572. The van der Waals surface area contributed by atoms with E-state index in [-0.39, 0.29) is 11.9 Å². The molecule has 25 heavy (non-hydrogen) atoms. The summed E-state index contributed by atoms with van der Waals surface area (Å²) in [4.78, 5) is 32.2. The zero-order valence-electron chi connectivity index (χ0n) is 14.9. The summed E-state index contributed by atoms with van der Waals surface area (Å²) in [6.07, 6.45) is 2.08. The summed E-state index contributed by atoms with van der Waals surface area (Å²) >= 11 is 0. The second kappa shape index (κ2) is 7.04. The second-order valence-corrected chi connectivity index (χ2v) is 6.33. The fourth-order valence-electron chi connectivity index (χ4n) is 3.06. The van der Waals surface area contributed by atoms with Crippen molar-refractivity contribution in [2.45, 2.75) is 32.4 Å². The van der Waals surface area contributed by atoms with Crippen molar-refractivity contribution in [2.75, 3.05) is 20.6 Å². The molecule has 7 heteroatoms. The first-order valence-electron chi connectivity index (χ1n) is 8.59. The summed E-state index contributed by atoms with van der Waals surface area (Å²) in [6, 6.07) is 9.03. The van der Waals surface area contributed by atoms with Crippen molar-refractivity contribution in [1.82, 2.24) is 15.1 Å². The summed E-state index contributed by atoms with van der Waals surface area (Å²) < 4.78 is 1.95. The lowest BCUT2D eigenvalue weighted by Crippen LogP contribution is -2.61. The maximum Gasteiger partial charge on any atom is 0.390 e. The Kier molecular flexibility index (Phi) is 4.83. The number of nitrogens with one attached hydrogen (secondary N) is 1. The first kappa shape index (κ1) is 17.1. The van der Waals surface area contributed by atoms with Gasteiger partial charge in [-0.2, -0.15) is 0 Å². The molecule has 1 aromatic carbocycles. The van der Waals surface area contributed by atoms with Gasteiger partial charge in [-0.05, 0) is 12.0 Å². The van der Waals surface area contributed by atoms with Crippen LogP contribution in [0, 0.1) is 0 Å². The van der Waals surface area contributed by atoms with Crippen molar-refractivity contribution in [3.8, 4) is 0 Å². The third kappa shape index (κ3) is 3.14. The number of aliphatic imine (C=N–C) groups is 1. The van der Waals surface area contributed by atoms with E-state index in [1.54, 1.807) is 7.05 Å². The number of urea groups is 1. The van der Waals surface area contributed by atoms with Gasteiger partial charge in [-0.25, -0.2) is 9.37 Å². The van der Waals surface area contributed by atoms with Crippen LogP contribution in [0.25, 0.3) is 0 Å². The van der Waals surface area contributed by atoms with Gasteiger partial charge in [0.25, 0.3) is 5.91 Å². The number of unbranched alkanes of at least 4 members (excludes halogenated alkanes) is 1. The molecule has 0 spiro atoms. The molecule has 7 nitrogen and oxygen atoms in total. The van der Waals surface area contributed by atoms with E-state index in [9.17, 15) is 9.59 Å². The number of fused-ring (bicyclic) bond motifs is 1. The lowest BCUT2D eigenvalue weighted by atomic mass is 10.1. The number of hydrogen-bond acceptors (Lipinski definition) is 4. The number of imide groups is 1. The maximum absolute atomic E-state index is 12.8. The quantitative estimate of drug-likeness (QED) is 0.647. The highest BCUT2D eigenvalue weighted by atomic mass is 16.2.